The Morgan fingerprint density at radius 2 is 1.62 bits per heavy atom. The second-order valence-corrected chi connectivity index (χ2v) is 6.93. The van der Waals surface area contributed by atoms with Gasteiger partial charge in [-0.15, -0.1) is 0 Å². The molecule has 4 amide bonds. The molecule has 2 aromatic rings. The van der Waals surface area contributed by atoms with Crippen LogP contribution in [0.15, 0.2) is 35.9 Å². The van der Waals surface area contributed by atoms with Crippen LogP contribution in [0.4, 0.5) is 10.5 Å². The molecule has 0 spiro atoms. The number of carbonyl (C=O) groups excluding carboxylic acids is 3. The van der Waals surface area contributed by atoms with Crippen molar-refractivity contribution >= 4 is 52.8 Å². The second-order valence-electron chi connectivity index (χ2n) is 6.12. The van der Waals surface area contributed by atoms with Gasteiger partial charge in [0, 0.05) is 0 Å². The summed E-state index contributed by atoms with van der Waals surface area (Å²) in [7, 11) is 2.99. The number of halogens is 2. The maximum atomic E-state index is 13.0. The molecule has 7 nitrogen and oxygen atoms in total. The van der Waals surface area contributed by atoms with E-state index in [2.05, 4.69) is 5.32 Å². The predicted octanol–water partition coefficient (Wildman–Crippen LogP) is 3.99. The minimum Gasteiger partial charge on any atom is -0.493 e. The summed E-state index contributed by atoms with van der Waals surface area (Å²) in [5.74, 6) is -0.637. The minimum atomic E-state index is -0.875. The molecule has 0 atom stereocenters. The van der Waals surface area contributed by atoms with Gasteiger partial charge in [0.1, 0.15) is 5.57 Å². The number of benzene rings is 2. The number of amides is 4. The molecular weight excluding hydrogens is 419 g/mol. The Morgan fingerprint density at radius 3 is 2.24 bits per heavy atom. The molecule has 29 heavy (non-hydrogen) atoms. The molecular formula is C20H16Cl2N2O5. The largest absolute Gasteiger partial charge is 0.493 e. The van der Waals surface area contributed by atoms with Gasteiger partial charge in [-0.1, -0.05) is 23.2 Å². The molecule has 2 aromatic carbocycles. The van der Waals surface area contributed by atoms with Crippen LogP contribution >= 0.6 is 23.2 Å². The maximum Gasteiger partial charge on any atom is 0.335 e. The van der Waals surface area contributed by atoms with Crippen LogP contribution in [0.1, 0.15) is 11.1 Å². The smallest absolute Gasteiger partial charge is 0.335 e. The van der Waals surface area contributed by atoms with E-state index in [9.17, 15) is 14.4 Å². The third-order valence-electron chi connectivity index (χ3n) is 4.34. The summed E-state index contributed by atoms with van der Waals surface area (Å²) < 4.78 is 10.5. The van der Waals surface area contributed by atoms with Gasteiger partial charge in [-0.2, -0.15) is 0 Å². The number of methoxy groups -OCH3 is 2. The third-order valence-corrected chi connectivity index (χ3v) is 5.07. The summed E-state index contributed by atoms with van der Waals surface area (Å²) in [5, 5.41) is 2.60. The normalized spacial score (nSPS) is 15.6. The van der Waals surface area contributed by atoms with Crippen LogP contribution in [-0.2, 0) is 9.59 Å². The molecule has 0 aliphatic carbocycles. The van der Waals surface area contributed by atoms with Crippen LogP contribution in [0.3, 0.4) is 0 Å². The summed E-state index contributed by atoms with van der Waals surface area (Å²) in [4.78, 5) is 38.5. The highest BCUT2D eigenvalue weighted by Crippen LogP contribution is 2.33. The average Bonchev–Trinajstić information content (AvgIpc) is 2.68. The van der Waals surface area contributed by atoms with E-state index in [1.807, 2.05) is 0 Å². The minimum absolute atomic E-state index is 0.169. The van der Waals surface area contributed by atoms with Crippen LogP contribution in [0.2, 0.25) is 10.0 Å². The molecule has 0 radical (unpaired) electrons. The highest BCUT2D eigenvalue weighted by molar-refractivity contribution is 6.43. The molecule has 0 unspecified atom stereocenters. The van der Waals surface area contributed by atoms with E-state index in [1.54, 1.807) is 19.1 Å². The van der Waals surface area contributed by atoms with Crippen LogP contribution in [-0.4, -0.2) is 32.1 Å². The molecule has 1 saturated heterocycles. The van der Waals surface area contributed by atoms with E-state index in [-0.39, 0.29) is 21.3 Å². The van der Waals surface area contributed by atoms with Crippen LogP contribution < -0.4 is 19.7 Å². The highest BCUT2D eigenvalue weighted by Gasteiger charge is 2.37. The Balaban J connectivity index is 2.07. The number of hydrogen-bond acceptors (Lipinski definition) is 5. The second kappa shape index (κ2) is 8.14. The standard InChI is InChI=1S/C20H16Cl2N2O5/c1-10-6-16(28-2)17(29-3)8-11(10)7-13-18(25)23-20(27)24(19(13)26)12-4-5-14(21)15(22)9-12/h4-9H,1-3H3,(H,23,25,27)/b13-7+. The number of rotatable bonds is 4. The van der Waals surface area contributed by atoms with Crippen molar-refractivity contribution in [1.29, 1.82) is 0 Å². The van der Waals surface area contributed by atoms with Crippen molar-refractivity contribution < 1.29 is 23.9 Å². The third kappa shape index (κ3) is 3.92. The highest BCUT2D eigenvalue weighted by atomic mass is 35.5. The fourth-order valence-electron chi connectivity index (χ4n) is 2.82. The number of carbonyl (C=O) groups is 3. The zero-order chi connectivity index (χ0) is 21.3. The van der Waals surface area contributed by atoms with Gasteiger partial charge in [0.25, 0.3) is 11.8 Å². The molecule has 9 heteroatoms. The van der Waals surface area contributed by atoms with E-state index in [0.717, 1.165) is 10.5 Å². The molecule has 0 saturated carbocycles. The van der Waals surface area contributed by atoms with E-state index >= 15 is 0 Å². The van der Waals surface area contributed by atoms with E-state index in [1.165, 1.54) is 38.5 Å². The van der Waals surface area contributed by atoms with Gasteiger partial charge in [-0.05, 0) is 54.5 Å². The monoisotopic (exact) mass is 434 g/mol. The molecule has 1 aliphatic rings. The van der Waals surface area contributed by atoms with E-state index < -0.39 is 17.8 Å². The molecule has 1 heterocycles. The molecule has 3 rings (SSSR count). The Kier molecular flexibility index (Phi) is 5.81. The summed E-state index contributed by atoms with van der Waals surface area (Å²) in [6, 6.07) is 6.77. The van der Waals surface area contributed by atoms with Crippen LogP contribution in [0.25, 0.3) is 6.08 Å². The van der Waals surface area contributed by atoms with Crippen molar-refractivity contribution in [2.75, 3.05) is 19.1 Å². The Hall–Kier alpha value is -3.03. The number of anilines is 1. The van der Waals surface area contributed by atoms with Crippen molar-refractivity contribution in [2.24, 2.45) is 0 Å². The molecule has 1 fully saturated rings. The van der Waals surface area contributed by atoms with Crippen molar-refractivity contribution in [3.8, 4) is 11.5 Å². The van der Waals surface area contributed by atoms with Crippen molar-refractivity contribution in [3.63, 3.8) is 0 Å². The molecule has 0 bridgehead atoms. The van der Waals surface area contributed by atoms with Gasteiger partial charge >= 0.3 is 6.03 Å². The lowest BCUT2D eigenvalue weighted by Gasteiger charge is -2.26. The van der Waals surface area contributed by atoms with Gasteiger partial charge in [0.2, 0.25) is 0 Å². The van der Waals surface area contributed by atoms with Gasteiger partial charge in [0.15, 0.2) is 11.5 Å². The topological polar surface area (TPSA) is 84.9 Å². The van der Waals surface area contributed by atoms with E-state index in [4.69, 9.17) is 32.7 Å². The van der Waals surface area contributed by atoms with Gasteiger partial charge in [-0.25, -0.2) is 9.69 Å². The lowest BCUT2D eigenvalue weighted by molar-refractivity contribution is -0.122. The Labute approximate surface area is 176 Å². The summed E-state index contributed by atoms with van der Waals surface area (Å²) >= 11 is 11.9. The summed E-state index contributed by atoms with van der Waals surface area (Å²) in [6.45, 7) is 1.79. The summed E-state index contributed by atoms with van der Waals surface area (Å²) in [5.41, 5.74) is 1.27. The predicted molar refractivity (Wildman–Crippen MR) is 110 cm³/mol. The first-order valence-corrected chi connectivity index (χ1v) is 9.11. The van der Waals surface area contributed by atoms with Crippen molar-refractivity contribution in [3.05, 3.63) is 57.1 Å². The molecule has 1 N–H and O–H groups in total. The fourth-order valence-corrected chi connectivity index (χ4v) is 3.12. The molecule has 150 valence electrons. The van der Waals surface area contributed by atoms with Gasteiger partial charge in [-0.3, -0.25) is 14.9 Å². The number of barbiturate groups is 1. The van der Waals surface area contributed by atoms with E-state index in [0.29, 0.717) is 17.1 Å². The number of urea groups is 1. The number of aryl methyl sites for hydroxylation is 1. The van der Waals surface area contributed by atoms with Gasteiger partial charge in [0.05, 0.1) is 30.0 Å². The first kappa shape index (κ1) is 20.7. The lowest BCUT2D eigenvalue weighted by atomic mass is 10.0. The maximum absolute atomic E-state index is 13.0. The zero-order valence-electron chi connectivity index (χ0n) is 15.7. The molecule has 1 aliphatic heterocycles. The van der Waals surface area contributed by atoms with Crippen molar-refractivity contribution in [1.82, 2.24) is 5.32 Å². The Morgan fingerprint density at radius 1 is 0.966 bits per heavy atom. The summed E-state index contributed by atoms with van der Waals surface area (Å²) in [6.07, 6.45) is 1.39. The van der Waals surface area contributed by atoms with Crippen molar-refractivity contribution in [2.45, 2.75) is 6.92 Å². The number of imide groups is 2. The first-order chi connectivity index (χ1) is 13.8. The lowest BCUT2D eigenvalue weighted by Crippen LogP contribution is -2.54. The number of nitrogens with zero attached hydrogens (tertiary/aromatic N) is 1. The van der Waals surface area contributed by atoms with Crippen LogP contribution in [0, 0.1) is 6.92 Å². The molecule has 0 aromatic heterocycles. The first-order valence-electron chi connectivity index (χ1n) is 8.36. The fraction of sp³-hybridized carbons (Fsp3) is 0.150. The SMILES string of the molecule is COc1cc(C)c(/C=C2\C(=O)NC(=O)N(c3ccc(Cl)c(Cl)c3)C2=O)cc1OC. The van der Waals surface area contributed by atoms with Crippen LogP contribution in [0.5, 0.6) is 11.5 Å². The zero-order valence-corrected chi connectivity index (χ0v) is 17.2. The van der Waals surface area contributed by atoms with Gasteiger partial charge < -0.3 is 9.47 Å². The number of ether oxygens (including phenoxy) is 2. The Bertz CT molecular complexity index is 1070. The average molecular weight is 435 g/mol. The number of nitrogens with one attached hydrogen (secondary N) is 1. The quantitative estimate of drug-likeness (QED) is 0.580. The number of hydrogen-bond donors (Lipinski definition) is 1.